The van der Waals surface area contributed by atoms with E-state index >= 15 is 0 Å². The van der Waals surface area contributed by atoms with Crippen molar-refractivity contribution in [3.63, 3.8) is 0 Å². The Hall–Kier alpha value is -3.77. The zero-order valence-corrected chi connectivity index (χ0v) is 25.4. The Labute approximate surface area is 251 Å². The molecule has 0 saturated carbocycles. The van der Waals surface area contributed by atoms with Gasteiger partial charge in [-0.2, -0.15) is 0 Å². The zero-order valence-electron chi connectivity index (χ0n) is 25.4. The van der Waals surface area contributed by atoms with Gasteiger partial charge in [-0.25, -0.2) is 0 Å². The molecule has 0 aliphatic heterocycles. The molecule has 224 valence electrons. The first-order valence-electron chi connectivity index (χ1n) is 15.3. The number of carbonyl (C=O) groups is 2. The fraction of sp³-hybridized carbons (Fsp3) is 0.417. The van der Waals surface area contributed by atoms with Crippen LogP contribution in [0.15, 0.2) is 66.7 Å². The molecule has 0 unspecified atom stereocenters. The molecule has 0 fully saturated rings. The van der Waals surface area contributed by atoms with Gasteiger partial charge in [-0.15, -0.1) is 0 Å². The first-order valence-corrected chi connectivity index (χ1v) is 15.3. The van der Waals surface area contributed by atoms with E-state index in [-0.39, 0.29) is 12.3 Å². The van der Waals surface area contributed by atoms with Gasteiger partial charge in [0.1, 0.15) is 0 Å². The predicted molar refractivity (Wildman–Crippen MR) is 171 cm³/mol. The van der Waals surface area contributed by atoms with Crippen LogP contribution in [-0.2, 0) is 33.8 Å². The molecule has 0 radical (unpaired) electrons. The second kappa shape index (κ2) is 17.2. The van der Waals surface area contributed by atoms with Gasteiger partial charge in [0.15, 0.2) is 0 Å². The van der Waals surface area contributed by atoms with Crippen molar-refractivity contribution in [1.29, 1.82) is 0 Å². The number of amides is 1. The van der Waals surface area contributed by atoms with Crippen LogP contribution in [0.3, 0.4) is 0 Å². The summed E-state index contributed by atoms with van der Waals surface area (Å²) in [5, 5.41) is 12.5. The number of pyridine rings is 1. The summed E-state index contributed by atoms with van der Waals surface area (Å²) in [5.41, 5.74) is 5.02. The molecule has 2 N–H and O–H groups in total. The Morgan fingerprint density at radius 1 is 0.881 bits per heavy atom. The van der Waals surface area contributed by atoms with E-state index in [2.05, 4.69) is 36.5 Å². The summed E-state index contributed by atoms with van der Waals surface area (Å²) in [4.78, 5) is 29.1. The SMILES string of the molecule is CCCCc1ccc(CCCCOCc2cccc(/C=C/c3cccc(NC(=O)CC(CC)(CC)C(=O)O)c3)n2)cc1. The molecule has 0 aliphatic carbocycles. The molecule has 6 nitrogen and oxygen atoms in total. The number of benzene rings is 2. The summed E-state index contributed by atoms with van der Waals surface area (Å²) in [6, 6.07) is 22.4. The first-order chi connectivity index (χ1) is 20.4. The number of unbranched alkanes of at least 4 members (excludes halogenated alkanes) is 2. The summed E-state index contributed by atoms with van der Waals surface area (Å²) in [5.74, 6) is -1.23. The molecule has 2 aromatic carbocycles. The van der Waals surface area contributed by atoms with Crippen molar-refractivity contribution in [2.45, 2.75) is 85.2 Å². The molecule has 6 heteroatoms. The summed E-state index contributed by atoms with van der Waals surface area (Å²) in [7, 11) is 0. The lowest BCUT2D eigenvalue weighted by molar-refractivity contribution is -0.151. The second-order valence-corrected chi connectivity index (χ2v) is 11.0. The third-order valence-electron chi connectivity index (χ3n) is 7.85. The average molecular weight is 571 g/mol. The maximum Gasteiger partial charge on any atom is 0.310 e. The molecule has 0 spiro atoms. The van der Waals surface area contributed by atoms with Crippen LogP contribution in [0.5, 0.6) is 0 Å². The van der Waals surface area contributed by atoms with Crippen LogP contribution in [0, 0.1) is 5.41 Å². The molecule has 0 saturated heterocycles. The van der Waals surface area contributed by atoms with Crippen LogP contribution in [0.25, 0.3) is 12.2 Å². The first kappa shape index (κ1) is 32.7. The van der Waals surface area contributed by atoms with Crippen molar-refractivity contribution in [3.8, 4) is 0 Å². The lowest BCUT2D eigenvalue weighted by Crippen LogP contribution is -2.34. The van der Waals surface area contributed by atoms with Crippen LogP contribution in [0.2, 0.25) is 0 Å². The maximum atomic E-state index is 12.6. The highest BCUT2D eigenvalue weighted by atomic mass is 16.5. The lowest BCUT2D eigenvalue weighted by atomic mass is 9.79. The topological polar surface area (TPSA) is 88.5 Å². The van der Waals surface area contributed by atoms with E-state index < -0.39 is 11.4 Å². The van der Waals surface area contributed by atoms with Gasteiger partial charge in [0.25, 0.3) is 0 Å². The van der Waals surface area contributed by atoms with Crippen molar-refractivity contribution >= 4 is 29.7 Å². The highest BCUT2D eigenvalue weighted by Gasteiger charge is 2.37. The van der Waals surface area contributed by atoms with Gasteiger partial charge in [-0.05, 0) is 92.0 Å². The third kappa shape index (κ3) is 10.6. The number of carbonyl (C=O) groups excluding carboxylic acids is 1. The summed E-state index contributed by atoms with van der Waals surface area (Å²) in [6.07, 6.45) is 11.5. The number of hydrogen-bond acceptors (Lipinski definition) is 4. The number of aryl methyl sites for hydroxylation is 2. The van der Waals surface area contributed by atoms with E-state index in [0.29, 0.717) is 31.7 Å². The Morgan fingerprint density at radius 2 is 1.57 bits per heavy atom. The number of anilines is 1. The van der Waals surface area contributed by atoms with E-state index in [9.17, 15) is 14.7 Å². The van der Waals surface area contributed by atoms with Gasteiger partial charge in [0, 0.05) is 18.7 Å². The van der Waals surface area contributed by atoms with Crippen molar-refractivity contribution in [2.75, 3.05) is 11.9 Å². The quantitative estimate of drug-likeness (QED) is 0.150. The van der Waals surface area contributed by atoms with Crippen LogP contribution >= 0.6 is 0 Å². The third-order valence-corrected chi connectivity index (χ3v) is 7.85. The minimum Gasteiger partial charge on any atom is -0.481 e. The van der Waals surface area contributed by atoms with Gasteiger partial charge in [0.2, 0.25) is 5.91 Å². The number of nitrogens with one attached hydrogen (secondary N) is 1. The van der Waals surface area contributed by atoms with Crippen LogP contribution < -0.4 is 5.32 Å². The van der Waals surface area contributed by atoms with Crippen molar-refractivity contribution < 1.29 is 19.4 Å². The molecule has 3 aromatic rings. The Balaban J connectivity index is 1.44. The lowest BCUT2D eigenvalue weighted by Gasteiger charge is -2.25. The zero-order chi connectivity index (χ0) is 30.2. The second-order valence-electron chi connectivity index (χ2n) is 11.0. The highest BCUT2D eigenvalue weighted by Crippen LogP contribution is 2.31. The van der Waals surface area contributed by atoms with E-state index in [1.807, 2.05) is 62.4 Å². The normalized spacial score (nSPS) is 11.6. The van der Waals surface area contributed by atoms with Crippen molar-refractivity contribution in [3.05, 3.63) is 94.8 Å². The molecule has 0 aliphatic rings. The monoisotopic (exact) mass is 570 g/mol. The van der Waals surface area contributed by atoms with Crippen LogP contribution in [0.1, 0.15) is 93.8 Å². The number of aromatic nitrogens is 1. The maximum absolute atomic E-state index is 12.6. The number of carboxylic acids is 1. The number of carboxylic acid groups (broad SMARTS) is 1. The highest BCUT2D eigenvalue weighted by molar-refractivity contribution is 5.94. The number of aliphatic carboxylic acids is 1. The van der Waals surface area contributed by atoms with E-state index in [4.69, 9.17) is 9.72 Å². The van der Waals surface area contributed by atoms with E-state index in [0.717, 1.165) is 36.2 Å². The minimum absolute atomic E-state index is 0.0544. The van der Waals surface area contributed by atoms with Gasteiger partial charge in [-0.3, -0.25) is 14.6 Å². The Kier molecular flexibility index (Phi) is 13.4. The summed E-state index contributed by atoms with van der Waals surface area (Å²) >= 11 is 0. The largest absolute Gasteiger partial charge is 0.481 e. The summed E-state index contributed by atoms with van der Waals surface area (Å²) in [6.45, 7) is 7.02. The van der Waals surface area contributed by atoms with E-state index in [1.54, 1.807) is 6.07 Å². The van der Waals surface area contributed by atoms with Crippen LogP contribution in [0.4, 0.5) is 5.69 Å². The Morgan fingerprint density at radius 3 is 2.24 bits per heavy atom. The number of nitrogens with zero attached hydrogens (tertiary/aromatic N) is 1. The van der Waals surface area contributed by atoms with Crippen molar-refractivity contribution in [2.24, 2.45) is 5.41 Å². The predicted octanol–water partition coefficient (Wildman–Crippen LogP) is 8.35. The van der Waals surface area contributed by atoms with Gasteiger partial charge >= 0.3 is 5.97 Å². The summed E-state index contributed by atoms with van der Waals surface area (Å²) < 4.78 is 5.89. The van der Waals surface area contributed by atoms with E-state index in [1.165, 1.54) is 30.4 Å². The molecule has 42 heavy (non-hydrogen) atoms. The van der Waals surface area contributed by atoms with Gasteiger partial charge < -0.3 is 15.2 Å². The average Bonchev–Trinajstić information content (AvgIpc) is 3.00. The smallest absolute Gasteiger partial charge is 0.310 e. The molecule has 1 heterocycles. The molecule has 3 rings (SSSR count). The minimum atomic E-state index is -1.04. The fourth-order valence-corrected chi connectivity index (χ4v) is 4.93. The fourth-order valence-electron chi connectivity index (χ4n) is 4.93. The number of hydrogen-bond donors (Lipinski definition) is 2. The number of rotatable bonds is 18. The number of ether oxygens (including phenoxy) is 1. The molecular formula is C36H46N2O4. The molecule has 1 amide bonds. The van der Waals surface area contributed by atoms with Gasteiger partial charge in [-0.1, -0.05) is 75.7 Å². The van der Waals surface area contributed by atoms with Crippen molar-refractivity contribution in [1.82, 2.24) is 4.98 Å². The van der Waals surface area contributed by atoms with Gasteiger partial charge in [0.05, 0.1) is 23.4 Å². The Bertz CT molecular complexity index is 1300. The molecular weight excluding hydrogens is 524 g/mol. The molecule has 1 aromatic heterocycles. The van der Waals surface area contributed by atoms with Crippen LogP contribution in [-0.4, -0.2) is 28.6 Å². The molecule has 0 bridgehead atoms. The molecule has 0 atom stereocenters. The standard InChI is InChI=1S/C36H46N2O4/c1-4-7-12-28-18-20-29(21-19-28)13-8-9-24-42-27-33-17-11-15-31(37-33)23-22-30-14-10-16-32(25-30)38-34(39)26-36(5-2,6-3)35(40)41/h10-11,14-23,25H,4-9,12-13,24,26-27H2,1-3H3,(H,38,39)(H,40,41)/b23-22+.